The molecule has 1 saturated carbocycles. The van der Waals surface area contributed by atoms with Gasteiger partial charge in [-0.25, -0.2) is 0 Å². The van der Waals surface area contributed by atoms with Crippen molar-refractivity contribution in [3.63, 3.8) is 0 Å². The highest BCUT2D eigenvalue weighted by atomic mass is 16.7. The summed E-state index contributed by atoms with van der Waals surface area (Å²) < 4.78 is 16.6. The zero-order valence-corrected chi connectivity index (χ0v) is 16.2. The van der Waals surface area contributed by atoms with Crippen molar-refractivity contribution in [2.75, 3.05) is 24.3 Å². The van der Waals surface area contributed by atoms with Crippen LogP contribution in [0, 0.1) is 5.92 Å². The summed E-state index contributed by atoms with van der Waals surface area (Å²) in [6.07, 6.45) is 6.78. The van der Waals surface area contributed by atoms with E-state index in [2.05, 4.69) is 5.32 Å². The lowest BCUT2D eigenvalue weighted by atomic mass is 9.86. The summed E-state index contributed by atoms with van der Waals surface area (Å²) >= 11 is 0. The molecule has 2 aliphatic rings. The summed E-state index contributed by atoms with van der Waals surface area (Å²) in [5.41, 5.74) is 8.97. The Morgan fingerprint density at radius 2 is 2.04 bits per heavy atom. The van der Waals surface area contributed by atoms with E-state index in [4.69, 9.17) is 19.9 Å². The number of hydrogen-bond donors (Lipinski definition) is 2. The van der Waals surface area contributed by atoms with Crippen molar-refractivity contribution in [2.24, 2.45) is 5.92 Å². The Hall–Kier alpha value is -1.79. The molecule has 0 amide bonds. The van der Waals surface area contributed by atoms with Gasteiger partial charge in [-0.05, 0) is 69.6 Å². The number of carbonyl (C=O) groups is 1. The number of ether oxygens (including phenoxy) is 3. The molecule has 1 saturated heterocycles. The fraction of sp³-hybridized carbons (Fsp3) is 0.667. The van der Waals surface area contributed by atoms with E-state index in [9.17, 15) is 4.79 Å². The average Bonchev–Trinajstić information content (AvgIpc) is 2.70. The monoisotopic (exact) mass is 376 g/mol. The van der Waals surface area contributed by atoms with Crippen molar-refractivity contribution in [2.45, 2.75) is 70.8 Å². The molecule has 0 aromatic heterocycles. The van der Waals surface area contributed by atoms with E-state index in [1.807, 2.05) is 25.1 Å². The molecule has 1 aliphatic carbocycles. The molecule has 6 nitrogen and oxygen atoms in total. The normalized spacial score (nSPS) is 25.7. The van der Waals surface area contributed by atoms with Crippen LogP contribution in [0.15, 0.2) is 18.2 Å². The second-order valence-electron chi connectivity index (χ2n) is 7.47. The zero-order valence-electron chi connectivity index (χ0n) is 16.2. The van der Waals surface area contributed by atoms with Gasteiger partial charge in [-0.15, -0.1) is 0 Å². The van der Waals surface area contributed by atoms with Crippen LogP contribution in [-0.2, 0) is 25.6 Å². The first-order valence-electron chi connectivity index (χ1n) is 10.2. The van der Waals surface area contributed by atoms with Gasteiger partial charge in [0, 0.05) is 12.6 Å². The van der Waals surface area contributed by atoms with Crippen molar-refractivity contribution < 1.29 is 19.0 Å². The summed E-state index contributed by atoms with van der Waals surface area (Å²) in [4.78, 5) is 11.8. The van der Waals surface area contributed by atoms with E-state index in [1.54, 1.807) is 0 Å². The number of esters is 1. The Balaban J connectivity index is 1.46. The van der Waals surface area contributed by atoms with E-state index in [0.29, 0.717) is 19.3 Å². The van der Waals surface area contributed by atoms with Crippen LogP contribution in [0.5, 0.6) is 0 Å². The predicted molar refractivity (Wildman–Crippen MR) is 105 cm³/mol. The van der Waals surface area contributed by atoms with Gasteiger partial charge in [0.2, 0.25) is 0 Å². The van der Waals surface area contributed by atoms with Gasteiger partial charge in [0.05, 0.1) is 30.5 Å². The molecule has 1 aromatic carbocycles. The first kappa shape index (κ1) is 20.0. The minimum Gasteiger partial charge on any atom is -0.466 e. The summed E-state index contributed by atoms with van der Waals surface area (Å²) in [5.74, 6) is -0.0105. The maximum absolute atomic E-state index is 11.8. The summed E-state index contributed by atoms with van der Waals surface area (Å²) in [6, 6.07) is 6.38. The Morgan fingerprint density at radius 3 is 2.70 bits per heavy atom. The second-order valence-corrected chi connectivity index (χ2v) is 7.47. The Morgan fingerprint density at radius 1 is 1.22 bits per heavy atom. The number of benzene rings is 1. The van der Waals surface area contributed by atoms with Gasteiger partial charge in [0.25, 0.3) is 0 Å². The minimum atomic E-state index is -0.0904. The van der Waals surface area contributed by atoms with Crippen LogP contribution in [0.2, 0.25) is 0 Å². The van der Waals surface area contributed by atoms with E-state index in [1.165, 1.54) is 0 Å². The molecule has 0 radical (unpaired) electrons. The maximum atomic E-state index is 11.8. The molecule has 27 heavy (non-hydrogen) atoms. The van der Waals surface area contributed by atoms with Crippen LogP contribution in [0.25, 0.3) is 0 Å². The fourth-order valence-corrected chi connectivity index (χ4v) is 3.82. The van der Waals surface area contributed by atoms with Crippen LogP contribution in [0.3, 0.4) is 0 Å². The lowest BCUT2D eigenvalue weighted by Crippen LogP contribution is -2.30. The molecular formula is C21H32N2O4. The van der Waals surface area contributed by atoms with Gasteiger partial charge >= 0.3 is 5.97 Å². The molecule has 3 N–H and O–H groups in total. The molecule has 1 aliphatic heterocycles. The molecule has 2 fully saturated rings. The minimum absolute atomic E-state index is 0.0434. The maximum Gasteiger partial charge on any atom is 0.308 e. The van der Waals surface area contributed by atoms with Gasteiger partial charge in [-0.3, -0.25) is 4.79 Å². The third kappa shape index (κ3) is 5.84. The fourth-order valence-electron chi connectivity index (χ4n) is 3.82. The topological polar surface area (TPSA) is 82.8 Å². The molecule has 1 heterocycles. The third-order valence-electron chi connectivity index (χ3n) is 5.40. The van der Waals surface area contributed by atoms with Gasteiger partial charge in [0.1, 0.15) is 0 Å². The Labute approximate surface area is 161 Å². The van der Waals surface area contributed by atoms with Crippen molar-refractivity contribution in [1.82, 2.24) is 0 Å². The van der Waals surface area contributed by atoms with Gasteiger partial charge < -0.3 is 25.3 Å². The van der Waals surface area contributed by atoms with Crippen LogP contribution in [-0.4, -0.2) is 31.5 Å². The first-order valence-corrected chi connectivity index (χ1v) is 10.2. The van der Waals surface area contributed by atoms with Crippen molar-refractivity contribution in [1.29, 1.82) is 0 Å². The summed E-state index contributed by atoms with van der Waals surface area (Å²) in [6.45, 7) is 3.61. The molecule has 1 atom stereocenters. The van der Waals surface area contributed by atoms with Crippen molar-refractivity contribution in [3.05, 3.63) is 23.8 Å². The molecule has 0 spiro atoms. The van der Waals surface area contributed by atoms with Crippen molar-refractivity contribution >= 4 is 17.3 Å². The zero-order chi connectivity index (χ0) is 19.1. The molecule has 1 unspecified atom stereocenters. The largest absolute Gasteiger partial charge is 0.466 e. The lowest BCUT2D eigenvalue weighted by molar-refractivity contribution is -0.168. The summed E-state index contributed by atoms with van der Waals surface area (Å²) in [5, 5.41) is 3.53. The van der Waals surface area contributed by atoms with Crippen LogP contribution >= 0.6 is 0 Å². The number of rotatable bonds is 7. The van der Waals surface area contributed by atoms with E-state index < -0.39 is 0 Å². The molecule has 0 bridgehead atoms. The highest BCUT2D eigenvalue weighted by Gasteiger charge is 2.27. The number of anilines is 2. The quantitative estimate of drug-likeness (QED) is 0.556. The van der Waals surface area contributed by atoms with E-state index in [0.717, 1.165) is 68.5 Å². The molecular weight excluding hydrogens is 344 g/mol. The highest BCUT2D eigenvalue weighted by molar-refractivity contribution is 5.72. The van der Waals surface area contributed by atoms with Crippen molar-refractivity contribution in [3.8, 4) is 0 Å². The van der Waals surface area contributed by atoms with E-state index in [-0.39, 0.29) is 18.2 Å². The van der Waals surface area contributed by atoms with Crippen LogP contribution in [0.4, 0.5) is 11.4 Å². The van der Waals surface area contributed by atoms with E-state index >= 15 is 0 Å². The number of nitrogens with one attached hydrogen (secondary N) is 1. The SMILES string of the molecule is CCOC(=O)[C@H]1CC[C@@H](Nc2ccc(COC3CCCCO3)cc2N)CC1. The molecule has 3 rings (SSSR count). The average molecular weight is 376 g/mol. The second kappa shape index (κ2) is 9.95. The Bertz CT molecular complexity index is 608. The van der Waals surface area contributed by atoms with Crippen LogP contribution in [0.1, 0.15) is 57.4 Å². The molecule has 6 heteroatoms. The highest BCUT2D eigenvalue weighted by Crippen LogP contribution is 2.30. The molecule has 150 valence electrons. The summed E-state index contributed by atoms with van der Waals surface area (Å²) in [7, 11) is 0. The molecule has 1 aromatic rings. The number of nitrogen functional groups attached to an aromatic ring is 1. The van der Waals surface area contributed by atoms with Crippen LogP contribution < -0.4 is 11.1 Å². The number of hydrogen-bond acceptors (Lipinski definition) is 6. The standard InChI is InChI=1S/C21H32N2O4/c1-2-25-21(24)16-7-9-17(10-8-16)23-19-11-6-15(13-18(19)22)14-27-20-5-3-4-12-26-20/h6,11,13,16-17,20,23H,2-5,7-10,12,14,22H2,1H3/t16-,17+,20?. The lowest BCUT2D eigenvalue weighted by Gasteiger charge is -2.29. The smallest absolute Gasteiger partial charge is 0.308 e. The van der Waals surface area contributed by atoms with Gasteiger partial charge in [-0.1, -0.05) is 6.07 Å². The predicted octanol–water partition coefficient (Wildman–Crippen LogP) is 3.85. The van der Waals surface area contributed by atoms with Gasteiger partial charge in [0.15, 0.2) is 6.29 Å². The first-order chi connectivity index (χ1) is 13.2. The number of nitrogens with two attached hydrogens (primary N) is 1. The third-order valence-corrected chi connectivity index (χ3v) is 5.40. The number of carbonyl (C=O) groups excluding carboxylic acids is 1. The van der Waals surface area contributed by atoms with Gasteiger partial charge in [-0.2, -0.15) is 0 Å². The Kier molecular flexibility index (Phi) is 7.35.